The molecule has 1 saturated heterocycles. The van der Waals surface area contributed by atoms with Crippen molar-refractivity contribution in [3.8, 4) is 5.75 Å². The van der Waals surface area contributed by atoms with Crippen molar-refractivity contribution in [3.63, 3.8) is 0 Å². The quantitative estimate of drug-likeness (QED) is 0.531. The zero-order valence-corrected chi connectivity index (χ0v) is 16.3. The minimum absolute atomic E-state index is 0.0234. The number of rotatable bonds is 8. The normalized spacial score (nSPS) is 16.4. The maximum Gasteiger partial charge on any atom is 0.272 e. The lowest BCUT2D eigenvalue weighted by atomic mass is 10.0. The highest BCUT2D eigenvalue weighted by molar-refractivity contribution is 5.79. The summed E-state index contributed by atoms with van der Waals surface area (Å²) in [6.45, 7) is 8.42. The van der Waals surface area contributed by atoms with Gasteiger partial charge in [-0.15, -0.1) is 0 Å². The summed E-state index contributed by atoms with van der Waals surface area (Å²) in [5.41, 5.74) is 0.905. The van der Waals surface area contributed by atoms with Crippen LogP contribution in [0.5, 0.6) is 5.75 Å². The Labute approximate surface area is 159 Å². The van der Waals surface area contributed by atoms with Crippen molar-refractivity contribution in [1.82, 2.24) is 15.5 Å². The topological polar surface area (TPSA) is 58.1 Å². The standard InChI is InChI=1S/C19H30F2N4O2/c1-19(2,25-7-9-26-10-8-25)14-24-18(22-3)23-12-15-5-4-6-16(11-15)27-13-17(20)21/h4-6,11,17H,7-10,12-14H2,1-3H3,(H2,22,23,24). The number of hydrogen-bond donors (Lipinski definition) is 2. The van der Waals surface area contributed by atoms with E-state index in [1.807, 2.05) is 6.07 Å². The number of nitrogens with one attached hydrogen (secondary N) is 2. The predicted octanol–water partition coefficient (Wildman–Crippen LogP) is 2.11. The van der Waals surface area contributed by atoms with E-state index in [0.717, 1.165) is 38.4 Å². The van der Waals surface area contributed by atoms with Crippen LogP contribution in [0.15, 0.2) is 29.3 Å². The molecular weight excluding hydrogens is 354 g/mol. The van der Waals surface area contributed by atoms with Crippen LogP contribution in [0.25, 0.3) is 0 Å². The van der Waals surface area contributed by atoms with E-state index in [0.29, 0.717) is 18.3 Å². The number of guanidine groups is 1. The average molecular weight is 384 g/mol. The summed E-state index contributed by atoms with van der Waals surface area (Å²) in [6, 6.07) is 7.12. The van der Waals surface area contributed by atoms with Gasteiger partial charge in [0.15, 0.2) is 5.96 Å². The van der Waals surface area contributed by atoms with Crippen LogP contribution in [0.2, 0.25) is 0 Å². The molecule has 0 atom stereocenters. The van der Waals surface area contributed by atoms with Gasteiger partial charge in [0.25, 0.3) is 6.43 Å². The molecule has 0 spiro atoms. The molecule has 6 nitrogen and oxygen atoms in total. The fraction of sp³-hybridized carbons (Fsp3) is 0.632. The summed E-state index contributed by atoms with van der Waals surface area (Å²) >= 11 is 0. The van der Waals surface area contributed by atoms with E-state index >= 15 is 0 Å². The van der Waals surface area contributed by atoms with Crippen LogP contribution in [-0.4, -0.2) is 69.3 Å². The monoisotopic (exact) mass is 384 g/mol. The predicted molar refractivity (Wildman–Crippen MR) is 103 cm³/mol. The van der Waals surface area contributed by atoms with Gasteiger partial charge in [0, 0.05) is 38.8 Å². The molecule has 152 valence electrons. The first-order valence-corrected chi connectivity index (χ1v) is 9.18. The van der Waals surface area contributed by atoms with E-state index in [9.17, 15) is 8.78 Å². The van der Waals surface area contributed by atoms with Crippen molar-refractivity contribution >= 4 is 5.96 Å². The molecule has 1 fully saturated rings. The molecule has 27 heavy (non-hydrogen) atoms. The molecule has 8 heteroatoms. The van der Waals surface area contributed by atoms with Crippen LogP contribution in [0.4, 0.5) is 8.78 Å². The van der Waals surface area contributed by atoms with Gasteiger partial charge < -0.3 is 20.1 Å². The van der Waals surface area contributed by atoms with Gasteiger partial charge in [0.2, 0.25) is 0 Å². The van der Waals surface area contributed by atoms with E-state index in [1.165, 1.54) is 0 Å². The minimum Gasteiger partial charge on any atom is -0.488 e. The Balaban J connectivity index is 1.82. The first-order valence-electron chi connectivity index (χ1n) is 9.18. The van der Waals surface area contributed by atoms with Crippen LogP contribution in [0.3, 0.4) is 0 Å². The van der Waals surface area contributed by atoms with Crippen molar-refractivity contribution < 1.29 is 18.3 Å². The van der Waals surface area contributed by atoms with E-state index < -0.39 is 13.0 Å². The molecule has 0 unspecified atom stereocenters. The van der Waals surface area contributed by atoms with Gasteiger partial charge in [-0.25, -0.2) is 8.78 Å². The van der Waals surface area contributed by atoms with Crippen LogP contribution in [0, 0.1) is 0 Å². The van der Waals surface area contributed by atoms with E-state index in [1.54, 1.807) is 25.2 Å². The molecule has 1 heterocycles. The highest BCUT2D eigenvalue weighted by atomic mass is 19.3. The van der Waals surface area contributed by atoms with Gasteiger partial charge in [-0.2, -0.15) is 0 Å². The second-order valence-electron chi connectivity index (χ2n) is 7.04. The highest BCUT2D eigenvalue weighted by Gasteiger charge is 2.28. The van der Waals surface area contributed by atoms with Crippen molar-refractivity contribution in [2.45, 2.75) is 32.4 Å². The zero-order chi connectivity index (χ0) is 19.7. The number of alkyl halides is 2. The molecular formula is C19H30F2N4O2. The van der Waals surface area contributed by atoms with Gasteiger partial charge in [-0.3, -0.25) is 9.89 Å². The molecule has 1 aliphatic heterocycles. The van der Waals surface area contributed by atoms with Crippen LogP contribution < -0.4 is 15.4 Å². The van der Waals surface area contributed by atoms with Crippen LogP contribution in [-0.2, 0) is 11.3 Å². The van der Waals surface area contributed by atoms with Gasteiger partial charge in [-0.1, -0.05) is 12.1 Å². The van der Waals surface area contributed by atoms with Crippen molar-refractivity contribution in [1.29, 1.82) is 0 Å². The fourth-order valence-corrected chi connectivity index (χ4v) is 2.89. The molecule has 1 aromatic carbocycles. The first-order chi connectivity index (χ1) is 12.9. The average Bonchev–Trinajstić information content (AvgIpc) is 2.67. The van der Waals surface area contributed by atoms with Gasteiger partial charge in [-0.05, 0) is 31.5 Å². The van der Waals surface area contributed by atoms with E-state index in [4.69, 9.17) is 9.47 Å². The Bertz CT molecular complexity index is 605. The Morgan fingerprint density at radius 2 is 2.04 bits per heavy atom. The van der Waals surface area contributed by atoms with Gasteiger partial charge in [0.05, 0.1) is 13.2 Å². The molecule has 0 amide bonds. The zero-order valence-electron chi connectivity index (χ0n) is 16.3. The molecule has 2 N–H and O–H groups in total. The molecule has 0 aromatic heterocycles. The van der Waals surface area contributed by atoms with Crippen LogP contribution in [0.1, 0.15) is 19.4 Å². The summed E-state index contributed by atoms with van der Waals surface area (Å²) in [5.74, 6) is 1.13. The van der Waals surface area contributed by atoms with Crippen LogP contribution >= 0.6 is 0 Å². The van der Waals surface area contributed by atoms with Gasteiger partial charge >= 0.3 is 0 Å². The summed E-state index contributed by atoms with van der Waals surface area (Å²) in [6.07, 6.45) is -2.48. The number of aliphatic imine (C=N–C) groups is 1. The second-order valence-corrected chi connectivity index (χ2v) is 7.04. The number of nitrogens with zero attached hydrogens (tertiary/aromatic N) is 2. The first kappa shape index (κ1) is 21.4. The molecule has 0 saturated carbocycles. The SMILES string of the molecule is CN=C(NCc1cccc(OCC(F)F)c1)NCC(C)(C)N1CCOCC1. The lowest BCUT2D eigenvalue weighted by molar-refractivity contribution is -0.00834. The smallest absolute Gasteiger partial charge is 0.272 e. The third kappa shape index (κ3) is 7.30. The number of halogens is 2. The maximum atomic E-state index is 12.3. The number of morpholine rings is 1. The highest BCUT2D eigenvalue weighted by Crippen LogP contribution is 2.16. The Kier molecular flexibility index (Phi) is 8.24. The number of ether oxygens (including phenoxy) is 2. The molecule has 1 aromatic rings. The fourth-order valence-electron chi connectivity index (χ4n) is 2.89. The minimum atomic E-state index is -2.48. The molecule has 0 bridgehead atoms. The Morgan fingerprint density at radius 3 is 2.70 bits per heavy atom. The summed E-state index contributed by atoms with van der Waals surface area (Å²) in [4.78, 5) is 6.66. The van der Waals surface area contributed by atoms with Crippen molar-refractivity contribution in [2.75, 3.05) is 46.5 Å². The summed E-state index contributed by atoms with van der Waals surface area (Å²) in [7, 11) is 1.72. The third-order valence-electron chi connectivity index (χ3n) is 4.51. The lowest BCUT2D eigenvalue weighted by Crippen LogP contribution is -2.56. The summed E-state index contributed by atoms with van der Waals surface area (Å²) < 4.78 is 35.0. The number of benzene rings is 1. The Morgan fingerprint density at radius 1 is 1.30 bits per heavy atom. The lowest BCUT2D eigenvalue weighted by Gasteiger charge is -2.41. The third-order valence-corrected chi connectivity index (χ3v) is 4.51. The van der Waals surface area contributed by atoms with Crippen molar-refractivity contribution in [3.05, 3.63) is 29.8 Å². The molecule has 2 rings (SSSR count). The van der Waals surface area contributed by atoms with Crippen molar-refractivity contribution in [2.24, 2.45) is 4.99 Å². The Hall–Kier alpha value is -1.93. The van der Waals surface area contributed by atoms with Gasteiger partial charge in [0.1, 0.15) is 12.4 Å². The maximum absolute atomic E-state index is 12.3. The van der Waals surface area contributed by atoms with E-state index in [2.05, 4.69) is 34.4 Å². The molecule has 0 aliphatic carbocycles. The summed E-state index contributed by atoms with van der Waals surface area (Å²) in [5, 5.41) is 6.60. The van der Waals surface area contributed by atoms with E-state index in [-0.39, 0.29) is 5.54 Å². The number of hydrogen-bond acceptors (Lipinski definition) is 4. The molecule has 0 radical (unpaired) electrons. The molecule has 1 aliphatic rings. The largest absolute Gasteiger partial charge is 0.488 e. The second kappa shape index (κ2) is 10.4.